The second kappa shape index (κ2) is 4.88. The first-order valence-electron chi connectivity index (χ1n) is 5.65. The van der Waals surface area contributed by atoms with Gasteiger partial charge in [0, 0.05) is 5.56 Å². The zero-order valence-electron chi connectivity index (χ0n) is 10.2. The van der Waals surface area contributed by atoms with Gasteiger partial charge < -0.3 is 0 Å². The summed E-state index contributed by atoms with van der Waals surface area (Å²) in [5.41, 5.74) is 1.50. The highest BCUT2D eigenvalue weighted by Gasteiger charge is 2.31. The molecule has 1 nitrogen and oxygen atoms in total. The molecular weight excluding hydrogens is 253 g/mol. The summed E-state index contributed by atoms with van der Waals surface area (Å²) >= 11 is 0. The van der Waals surface area contributed by atoms with Gasteiger partial charge in [-0.05, 0) is 30.2 Å². The van der Waals surface area contributed by atoms with Crippen molar-refractivity contribution < 1.29 is 18.0 Å². The Morgan fingerprint density at radius 2 is 1.63 bits per heavy atom. The average molecular weight is 264 g/mol. The molecule has 2 aromatic carbocycles. The number of aryl methyl sites for hydroxylation is 1. The topological polar surface area (TPSA) is 17.1 Å². The SMILES string of the molecule is Cc1ccc(-c2ccc(C(F)(F)F)cc2C=O)cc1. The van der Waals surface area contributed by atoms with Gasteiger partial charge in [-0.25, -0.2) is 0 Å². The normalized spacial score (nSPS) is 11.4. The van der Waals surface area contributed by atoms with Crippen LogP contribution in [0.3, 0.4) is 0 Å². The summed E-state index contributed by atoms with van der Waals surface area (Å²) in [6.07, 6.45) is -3.99. The van der Waals surface area contributed by atoms with Gasteiger partial charge in [-0.15, -0.1) is 0 Å². The monoisotopic (exact) mass is 264 g/mol. The van der Waals surface area contributed by atoms with Crippen LogP contribution in [0.4, 0.5) is 13.2 Å². The Hall–Kier alpha value is -2.10. The van der Waals surface area contributed by atoms with Crippen LogP contribution in [0.5, 0.6) is 0 Å². The highest BCUT2D eigenvalue weighted by atomic mass is 19.4. The fourth-order valence-electron chi connectivity index (χ4n) is 1.83. The number of hydrogen-bond donors (Lipinski definition) is 0. The minimum absolute atomic E-state index is 0.0404. The third-order valence-corrected chi connectivity index (χ3v) is 2.87. The average Bonchev–Trinajstić information content (AvgIpc) is 2.38. The largest absolute Gasteiger partial charge is 0.416 e. The molecule has 0 saturated heterocycles. The number of aldehydes is 1. The molecule has 0 unspecified atom stereocenters. The maximum Gasteiger partial charge on any atom is 0.416 e. The number of carbonyl (C=O) groups is 1. The van der Waals surface area contributed by atoms with Crippen LogP contribution in [0.15, 0.2) is 42.5 Å². The van der Waals surface area contributed by atoms with Crippen LogP contribution in [0.1, 0.15) is 21.5 Å². The molecule has 0 saturated carbocycles. The van der Waals surface area contributed by atoms with E-state index in [-0.39, 0.29) is 5.56 Å². The maximum absolute atomic E-state index is 12.6. The van der Waals surface area contributed by atoms with Crippen LogP contribution in [0.2, 0.25) is 0 Å². The summed E-state index contributed by atoms with van der Waals surface area (Å²) in [7, 11) is 0. The van der Waals surface area contributed by atoms with Crippen molar-refractivity contribution in [1.82, 2.24) is 0 Å². The third kappa shape index (κ3) is 2.84. The Balaban J connectivity index is 2.53. The molecular formula is C15H11F3O. The Morgan fingerprint density at radius 3 is 2.16 bits per heavy atom. The lowest BCUT2D eigenvalue weighted by atomic mass is 9.97. The zero-order valence-corrected chi connectivity index (χ0v) is 10.2. The van der Waals surface area contributed by atoms with E-state index in [2.05, 4.69) is 0 Å². The first kappa shape index (κ1) is 13.3. The van der Waals surface area contributed by atoms with Crippen molar-refractivity contribution in [3.05, 3.63) is 59.2 Å². The quantitative estimate of drug-likeness (QED) is 0.730. The molecule has 0 heterocycles. The highest BCUT2D eigenvalue weighted by Crippen LogP contribution is 2.32. The summed E-state index contributed by atoms with van der Waals surface area (Å²) in [6, 6.07) is 10.5. The second-order valence-electron chi connectivity index (χ2n) is 4.28. The lowest BCUT2D eigenvalue weighted by molar-refractivity contribution is -0.137. The van der Waals surface area contributed by atoms with Crippen LogP contribution in [-0.4, -0.2) is 6.29 Å². The molecule has 0 radical (unpaired) electrons. The van der Waals surface area contributed by atoms with Crippen molar-refractivity contribution in [2.45, 2.75) is 13.1 Å². The number of halogens is 3. The van der Waals surface area contributed by atoms with Crippen molar-refractivity contribution in [3.8, 4) is 11.1 Å². The van der Waals surface area contributed by atoms with E-state index in [0.29, 0.717) is 11.8 Å². The lowest BCUT2D eigenvalue weighted by Crippen LogP contribution is -2.05. The molecule has 0 aliphatic carbocycles. The summed E-state index contributed by atoms with van der Waals surface area (Å²) in [5.74, 6) is 0. The van der Waals surface area contributed by atoms with E-state index in [9.17, 15) is 18.0 Å². The van der Waals surface area contributed by atoms with Gasteiger partial charge >= 0.3 is 6.18 Å². The fraction of sp³-hybridized carbons (Fsp3) is 0.133. The van der Waals surface area contributed by atoms with Gasteiger partial charge in [0.15, 0.2) is 6.29 Å². The van der Waals surface area contributed by atoms with Crippen molar-refractivity contribution in [3.63, 3.8) is 0 Å². The molecule has 0 N–H and O–H groups in total. The zero-order chi connectivity index (χ0) is 14.0. The Morgan fingerprint density at radius 1 is 1.00 bits per heavy atom. The van der Waals surface area contributed by atoms with Gasteiger partial charge in [-0.3, -0.25) is 4.79 Å². The molecule has 0 atom stereocenters. The molecule has 0 amide bonds. The maximum atomic E-state index is 12.6. The van der Waals surface area contributed by atoms with Crippen molar-refractivity contribution in [2.75, 3.05) is 0 Å². The van der Waals surface area contributed by atoms with E-state index >= 15 is 0 Å². The smallest absolute Gasteiger partial charge is 0.298 e. The van der Waals surface area contributed by atoms with Crippen LogP contribution >= 0.6 is 0 Å². The highest BCUT2D eigenvalue weighted by molar-refractivity contribution is 5.88. The van der Waals surface area contributed by atoms with Gasteiger partial charge in [-0.1, -0.05) is 35.9 Å². The van der Waals surface area contributed by atoms with E-state index in [1.807, 2.05) is 19.1 Å². The molecule has 0 aliphatic heterocycles. The van der Waals surface area contributed by atoms with E-state index in [1.165, 1.54) is 6.07 Å². The van der Waals surface area contributed by atoms with Crippen LogP contribution < -0.4 is 0 Å². The molecule has 4 heteroatoms. The van der Waals surface area contributed by atoms with E-state index < -0.39 is 11.7 Å². The molecule has 0 fully saturated rings. The molecule has 98 valence electrons. The van der Waals surface area contributed by atoms with Crippen LogP contribution in [0, 0.1) is 6.92 Å². The van der Waals surface area contributed by atoms with Gasteiger partial charge in [0.2, 0.25) is 0 Å². The van der Waals surface area contributed by atoms with E-state index in [1.54, 1.807) is 12.1 Å². The molecule has 2 aromatic rings. The fourth-order valence-corrected chi connectivity index (χ4v) is 1.83. The number of alkyl halides is 3. The molecule has 0 aromatic heterocycles. The van der Waals surface area contributed by atoms with E-state index in [0.717, 1.165) is 23.3 Å². The minimum atomic E-state index is -4.44. The van der Waals surface area contributed by atoms with Crippen molar-refractivity contribution >= 4 is 6.29 Å². The number of rotatable bonds is 2. The summed E-state index contributed by atoms with van der Waals surface area (Å²) < 4.78 is 37.7. The molecule has 19 heavy (non-hydrogen) atoms. The van der Waals surface area contributed by atoms with Gasteiger partial charge in [0.25, 0.3) is 0 Å². The van der Waals surface area contributed by atoms with Crippen LogP contribution in [0.25, 0.3) is 11.1 Å². The number of hydrogen-bond acceptors (Lipinski definition) is 1. The summed E-state index contributed by atoms with van der Waals surface area (Å²) in [5, 5.41) is 0. The number of carbonyl (C=O) groups excluding carboxylic acids is 1. The predicted octanol–water partition coefficient (Wildman–Crippen LogP) is 4.49. The summed E-state index contributed by atoms with van der Waals surface area (Å²) in [4.78, 5) is 11.0. The molecule has 0 bridgehead atoms. The first-order valence-corrected chi connectivity index (χ1v) is 5.65. The Bertz CT molecular complexity index is 598. The minimum Gasteiger partial charge on any atom is -0.298 e. The third-order valence-electron chi connectivity index (χ3n) is 2.87. The van der Waals surface area contributed by atoms with Gasteiger partial charge in [0.1, 0.15) is 0 Å². The van der Waals surface area contributed by atoms with Gasteiger partial charge in [0.05, 0.1) is 5.56 Å². The standard InChI is InChI=1S/C15H11F3O/c1-10-2-4-11(5-3-10)14-7-6-13(15(16,17)18)8-12(14)9-19/h2-9H,1H3. The lowest BCUT2D eigenvalue weighted by Gasteiger charge is -2.10. The molecule has 0 spiro atoms. The van der Waals surface area contributed by atoms with Crippen molar-refractivity contribution in [2.24, 2.45) is 0 Å². The van der Waals surface area contributed by atoms with Crippen LogP contribution in [-0.2, 0) is 6.18 Å². The predicted molar refractivity (Wildman–Crippen MR) is 67.0 cm³/mol. The van der Waals surface area contributed by atoms with Gasteiger partial charge in [-0.2, -0.15) is 13.2 Å². The summed E-state index contributed by atoms with van der Waals surface area (Å²) in [6.45, 7) is 1.91. The number of benzene rings is 2. The Labute approximate surface area is 108 Å². The Kier molecular flexibility index (Phi) is 3.42. The first-order chi connectivity index (χ1) is 8.91. The molecule has 2 rings (SSSR count). The van der Waals surface area contributed by atoms with Crippen molar-refractivity contribution in [1.29, 1.82) is 0 Å². The second-order valence-corrected chi connectivity index (χ2v) is 4.28. The van der Waals surface area contributed by atoms with E-state index in [4.69, 9.17) is 0 Å². The molecule has 0 aliphatic rings.